The lowest BCUT2D eigenvalue weighted by Gasteiger charge is -2.16. The molecule has 0 saturated carbocycles. The molecule has 0 bridgehead atoms. The van der Waals surface area contributed by atoms with E-state index in [-0.39, 0.29) is 0 Å². The average Bonchev–Trinajstić information content (AvgIpc) is 2.04. The molecule has 1 rings (SSSR count). The number of thiocarbonyl (C=S) groups is 1. The predicted octanol–water partition coefficient (Wildman–Crippen LogP) is 2.37. The minimum absolute atomic E-state index is 0.896. The lowest BCUT2D eigenvalue weighted by atomic mass is 10.1. The summed E-state index contributed by atoms with van der Waals surface area (Å²) in [6.07, 6.45) is 7.07. The van der Waals surface area contributed by atoms with Gasteiger partial charge in [-0.3, -0.25) is 0 Å². The van der Waals surface area contributed by atoms with E-state index in [1.54, 1.807) is 0 Å². The van der Waals surface area contributed by atoms with Gasteiger partial charge in [0.05, 0.1) is 0 Å². The van der Waals surface area contributed by atoms with E-state index in [2.05, 4.69) is 18.0 Å². The smallest absolute Gasteiger partial charge is 0.0421 e. The third kappa shape index (κ3) is 2.31. The Kier molecular flexibility index (Phi) is 3.23. The molecule has 0 aromatic carbocycles. The summed E-state index contributed by atoms with van der Waals surface area (Å²) in [5, 5.41) is 3.29. The van der Waals surface area contributed by atoms with Crippen LogP contribution in [-0.4, -0.2) is 11.4 Å². The molecule has 0 radical (unpaired) electrons. The van der Waals surface area contributed by atoms with Crippen molar-refractivity contribution in [3.05, 3.63) is 36.1 Å². The van der Waals surface area contributed by atoms with Crippen LogP contribution < -0.4 is 5.32 Å². The van der Waals surface area contributed by atoms with Crippen molar-refractivity contribution >= 4 is 17.1 Å². The van der Waals surface area contributed by atoms with Crippen LogP contribution in [-0.2, 0) is 0 Å². The first-order chi connectivity index (χ1) is 5.74. The van der Waals surface area contributed by atoms with Gasteiger partial charge in [-0.05, 0) is 25.0 Å². The van der Waals surface area contributed by atoms with Gasteiger partial charge in [-0.15, -0.1) is 0 Å². The summed E-state index contributed by atoms with van der Waals surface area (Å²) in [5.74, 6) is 0. The van der Waals surface area contributed by atoms with E-state index in [4.69, 9.17) is 12.2 Å². The first-order valence-corrected chi connectivity index (χ1v) is 4.44. The highest BCUT2D eigenvalue weighted by molar-refractivity contribution is 7.80. The predicted molar refractivity (Wildman–Crippen MR) is 57.3 cm³/mol. The molecule has 12 heavy (non-hydrogen) atoms. The number of rotatable bonds is 2. The first-order valence-electron chi connectivity index (χ1n) is 4.03. The fourth-order valence-electron chi connectivity index (χ4n) is 1.18. The van der Waals surface area contributed by atoms with Crippen molar-refractivity contribution in [2.24, 2.45) is 0 Å². The van der Waals surface area contributed by atoms with Crippen molar-refractivity contribution in [1.29, 1.82) is 0 Å². The molecule has 0 unspecified atom stereocenters. The van der Waals surface area contributed by atoms with Crippen molar-refractivity contribution in [3.63, 3.8) is 0 Å². The van der Waals surface area contributed by atoms with Crippen LogP contribution >= 0.6 is 12.2 Å². The fraction of sp³-hybridized carbons (Fsp3) is 0.300. The zero-order valence-corrected chi connectivity index (χ0v) is 8.08. The van der Waals surface area contributed by atoms with Crippen LogP contribution in [0.4, 0.5) is 0 Å². The second-order valence-electron chi connectivity index (χ2n) is 2.75. The van der Waals surface area contributed by atoms with E-state index >= 15 is 0 Å². The van der Waals surface area contributed by atoms with Crippen LogP contribution in [0.15, 0.2) is 36.1 Å². The molecule has 0 spiro atoms. The molecule has 0 saturated heterocycles. The molecule has 0 aromatic heterocycles. The summed E-state index contributed by atoms with van der Waals surface area (Å²) in [5.41, 5.74) is 2.26. The molecule has 1 aliphatic heterocycles. The Hall–Kier alpha value is -0.890. The van der Waals surface area contributed by atoms with E-state index in [1.807, 2.05) is 19.1 Å². The minimum Gasteiger partial charge on any atom is -0.384 e. The normalized spacial score (nSPS) is 19.8. The standard InChI is InChI=1S/C10H13NS/c1-3-9-5-4-6-11-10(9)7-8(2)12/h3,5,7,11H,1,4,6H2,2H3. The molecule has 1 aliphatic rings. The number of nitrogens with one attached hydrogen (secondary N) is 1. The highest BCUT2D eigenvalue weighted by Gasteiger charge is 2.05. The van der Waals surface area contributed by atoms with E-state index in [1.165, 1.54) is 0 Å². The lowest BCUT2D eigenvalue weighted by molar-refractivity contribution is 0.784. The van der Waals surface area contributed by atoms with Gasteiger partial charge >= 0.3 is 0 Å². The zero-order chi connectivity index (χ0) is 8.97. The zero-order valence-electron chi connectivity index (χ0n) is 7.26. The monoisotopic (exact) mass is 179 g/mol. The Morgan fingerprint density at radius 3 is 3.08 bits per heavy atom. The second-order valence-corrected chi connectivity index (χ2v) is 3.39. The molecule has 0 aromatic rings. The number of hydrogen-bond donors (Lipinski definition) is 1. The highest BCUT2D eigenvalue weighted by Crippen LogP contribution is 2.13. The van der Waals surface area contributed by atoms with Crippen molar-refractivity contribution in [3.8, 4) is 0 Å². The van der Waals surface area contributed by atoms with Gasteiger partial charge in [-0.2, -0.15) is 0 Å². The summed E-state index contributed by atoms with van der Waals surface area (Å²) < 4.78 is 0. The maximum Gasteiger partial charge on any atom is 0.0421 e. The van der Waals surface area contributed by atoms with Gasteiger partial charge in [0.1, 0.15) is 0 Å². The van der Waals surface area contributed by atoms with Crippen LogP contribution in [0.3, 0.4) is 0 Å². The Morgan fingerprint density at radius 1 is 1.75 bits per heavy atom. The van der Waals surface area contributed by atoms with Crippen LogP contribution in [0.2, 0.25) is 0 Å². The molecule has 1 N–H and O–H groups in total. The van der Waals surface area contributed by atoms with Gasteiger partial charge in [-0.25, -0.2) is 0 Å². The molecule has 1 nitrogen and oxygen atoms in total. The van der Waals surface area contributed by atoms with E-state index < -0.39 is 0 Å². The van der Waals surface area contributed by atoms with Crippen LogP contribution in [0, 0.1) is 0 Å². The molecule has 0 atom stereocenters. The Bertz CT molecular complexity index is 261. The van der Waals surface area contributed by atoms with Crippen molar-refractivity contribution in [2.45, 2.75) is 13.3 Å². The molecular formula is C10H13NS. The van der Waals surface area contributed by atoms with Gasteiger partial charge in [-0.1, -0.05) is 30.9 Å². The Balaban J connectivity index is 2.88. The molecule has 1 heterocycles. The van der Waals surface area contributed by atoms with Gasteiger partial charge < -0.3 is 5.32 Å². The summed E-state index contributed by atoms with van der Waals surface area (Å²) in [4.78, 5) is 0.896. The van der Waals surface area contributed by atoms with E-state index in [0.29, 0.717) is 0 Å². The maximum absolute atomic E-state index is 5.00. The molecule has 2 heteroatoms. The topological polar surface area (TPSA) is 12.0 Å². The van der Waals surface area contributed by atoms with Crippen LogP contribution in [0.1, 0.15) is 13.3 Å². The van der Waals surface area contributed by atoms with Crippen molar-refractivity contribution < 1.29 is 0 Å². The van der Waals surface area contributed by atoms with Crippen LogP contribution in [0.5, 0.6) is 0 Å². The lowest BCUT2D eigenvalue weighted by Crippen LogP contribution is -2.20. The Labute approximate surface area is 78.9 Å². The third-order valence-corrected chi connectivity index (χ3v) is 1.82. The Morgan fingerprint density at radius 2 is 2.50 bits per heavy atom. The largest absolute Gasteiger partial charge is 0.384 e. The molecule has 0 amide bonds. The van der Waals surface area contributed by atoms with Gasteiger partial charge in [0.15, 0.2) is 0 Å². The summed E-state index contributed by atoms with van der Waals surface area (Å²) >= 11 is 5.00. The first kappa shape index (κ1) is 9.20. The average molecular weight is 179 g/mol. The fourth-order valence-corrected chi connectivity index (χ4v) is 1.30. The summed E-state index contributed by atoms with van der Waals surface area (Å²) in [6.45, 7) is 6.66. The van der Waals surface area contributed by atoms with E-state index in [0.717, 1.165) is 29.1 Å². The van der Waals surface area contributed by atoms with Gasteiger partial charge in [0.2, 0.25) is 0 Å². The van der Waals surface area contributed by atoms with E-state index in [9.17, 15) is 0 Å². The van der Waals surface area contributed by atoms with Crippen molar-refractivity contribution in [2.75, 3.05) is 6.54 Å². The maximum atomic E-state index is 5.00. The van der Waals surface area contributed by atoms with Gasteiger partial charge in [0, 0.05) is 17.1 Å². The van der Waals surface area contributed by atoms with Crippen LogP contribution in [0.25, 0.3) is 0 Å². The highest BCUT2D eigenvalue weighted by atomic mass is 32.1. The molecule has 0 aliphatic carbocycles. The summed E-state index contributed by atoms with van der Waals surface area (Å²) in [7, 11) is 0. The quantitative estimate of drug-likeness (QED) is 0.516. The second kappa shape index (κ2) is 4.21. The molecule has 0 fully saturated rings. The van der Waals surface area contributed by atoms with Gasteiger partial charge in [0.25, 0.3) is 0 Å². The number of allylic oxidation sites excluding steroid dienone is 2. The van der Waals surface area contributed by atoms with Crippen molar-refractivity contribution in [1.82, 2.24) is 5.32 Å². The molecule has 64 valence electrons. The molecular weight excluding hydrogens is 166 g/mol. The third-order valence-electron chi connectivity index (χ3n) is 1.70. The number of hydrogen-bond acceptors (Lipinski definition) is 2. The minimum atomic E-state index is 0.896. The SMILES string of the molecule is C=CC1=CCCNC1=CC(C)=S. The summed E-state index contributed by atoms with van der Waals surface area (Å²) in [6, 6.07) is 0.